The molecule has 1 heterocycles. The molecule has 1 fully saturated rings. The Labute approximate surface area is 288 Å². The van der Waals surface area contributed by atoms with E-state index >= 15 is 0 Å². The van der Waals surface area contributed by atoms with Crippen LogP contribution in [-0.2, 0) is 38.4 Å². The van der Waals surface area contributed by atoms with E-state index in [9.17, 15) is 58.8 Å². The van der Waals surface area contributed by atoms with Crippen molar-refractivity contribution in [2.24, 2.45) is 11.8 Å². The fourth-order valence-corrected chi connectivity index (χ4v) is 4.67. The Morgan fingerprint density at radius 3 is 2.18 bits per heavy atom. The summed E-state index contributed by atoms with van der Waals surface area (Å²) >= 11 is 0. The quantitative estimate of drug-likeness (QED) is 0.0324. The molecule has 1 aliphatic rings. The van der Waals surface area contributed by atoms with Gasteiger partial charge in [0.2, 0.25) is 40.9 Å². The number of hydrogen-bond donors (Lipinski definition) is 13. The molecule has 1 rings (SSSR count). The maximum absolute atomic E-state index is 13.3. The molecule has 0 aromatic heterocycles. The van der Waals surface area contributed by atoms with Crippen molar-refractivity contribution in [1.82, 2.24) is 43.1 Å². The van der Waals surface area contributed by atoms with Crippen LogP contribution in [0, 0.1) is 5.92 Å². The molecule has 0 bridgehead atoms. The smallest absolute Gasteiger partial charge is 0.241 e. The van der Waals surface area contributed by atoms with Gasteiger partial charge in [0.25, 0.3) is 0 Å². The van der Waals surface area contributed by atoms with Gasteiger partial charge >= 0.3 is 0 Å². The second kappa shape index (κ2) is 23.0. The molecule has 0 aliphatic carbocycles. The number of aldehydes is 1. The second-order valence-corrected chi connectivity index (χ2v) is 12.0. The van der Waals surface area contributed by atoms with Crippen molar-refractivity contribution >= 4 is 47.1 Å². The van der Waals surface area contributed by atoms with Gasteiger partial charge in [-0.15, -0.1) is 0 Å². The number of ketones is 4. The summed E-state index contributed by atoms with van der Waals surface area (Å²) in [4.78, 5) is 102. The highest BCUT2D eigenvalue weighted by Crippen LogP contribution is 2.08. The lowest BCUT2D eigenvalue weighted by Gasteiger charge is -2.27. The van der Waals surface area contributed by atoms with E-state index in [4.69, 9.17) is 5.84 Å². The van der Waals surface area contributed by atoms with Crippen molar-refractivity contribution in [3.63, 3.8) is 0 Å². The van der Waals surface area contributed by atoms with Crippen LogP contribution in [0.4, 0.5) is 0 Å². The first-order valence-corrected chi connectivity index (χ1v) is 16.1. The topological polar surface area (TPSA) is 340 Å². The predicted octanol–water partition coefficient (Wildman–Crippen LogP) is -6.98. The molecular weight excluding hydrogens is 666 g/mol. The number of rotatable bonds is 15. The monoisotopic (exact) mass is 717 g/mol. The summed E-state index contributed by atoms with van der Waals surface area (Å²) in [7, 11) is 0. The summed E-state index contributed by atoms with van der Waals surface area (Å²) < 4.78 is 0. The number of carbonyl (C=O) groups excluding carboxylic acids is 8. The molecule has 1 aliphatic heterocycles. The Hall–Kier alpha value is -3.64. The number of hydrazine groups is 3. The first-order valence-electron chi connectivity index (χ1n) is 16.1. The molecule has 0 saturated carbocycles. The first kappa shape index (κ1) is 44.4. The molecule has 2 unspecified atom stereocenters. The minimum absolute atomic E-state index is 0.0113. The number of aliphatic hydroxyl groups excluding tert-OH is 4. The summed E-state index contributed by atoms with van der Waals surface area (Å²) in [5, 5.41) is 46.4. The van der Waals surface area contributed by atoms with Gasteiger partial charge in [-0.2, -0.15) is 0 Å². The van der Waals surface area contributed by atoms with Crippen molar-refractivity contribution in [2.75, 3.05) is 26.4 Å². The molecule has 0 aromatic rings. The number of hydrogen-bond acceptors (Lipinski definition) is 18. The molecule has 50 heavy (non-hydrogen) atoms. The van der Waals surface area contributed by atoms with Gasteiger partial charge in [0.05, 0.1) is 50.1 Å². The molecule has 0 spiro atoms. The predicted molar refractivity (Wildman–Crippen MR) is 173 cm³/mol. The van der Waals surface area contributed by atoms with E-state index in [0.29, 0.717) is 12.7 Å². The third-order valence-electron chi connectivity index (χ3n) is 7.76. The molecule has 0 aromatic carbocycles. The molecular formula is C29H51N9O12. The molecule has 1 saturated heterocycles. The van der Waals surface area contributed by atoms with Gasteiger partial charge in [-0.1, -0.05) is 13.8 Å². The summed E-state index contributed by atoms with van der Waals surface area (Å²) in [5.74, 6) is -2.06. The highest BCUT2D eigenvalue weighted by Gasteiger charge is 2.37. The van der Waals surface area contributed by atoms with Crippen LogP contribution >= 0.6 is 0 Å². The summed E-state index contributed by atoms with van der Waals surface area (Å²) in [5.41, 5.74) is 12.1. The van der Waals surface area contributed by atoms with E-state index in [1.54, 1.807) is 13.8 Å². The summed E-state index contributed by atoms with van der Waals surface area (Å²) in [6.07, 6.45) is -1.27. The minimum atomic E-state index is -1.84. The van der Waals surface area contributed by atoms with Crippen LogP contribution in [0.1, 0.15) is 52.9 Å². The zero-order chi connectivity index (χ0) is 38.0. The number of aliphatic hydroxyl groups is 4. The van der Waals surface area contributed by atoms with Crippen LogP contribution in [0.5, 0.6) is 0 Å². The fourth-order valence-electron chi connectivity index (χ4n) is 4.67. The third-order valence-corrected chi connectivity index (χ3v) is 7.76. The molecule has 3 amide bonds. The Morgan fingerprint density at radius 1 is 0.960 bits per heavy atom. The van der Waals surface area contributed by atoms with Crippen LogP contribution in [0.25, 0.3) is 0 Å². The van der Waals surface area contributed by atoms with Crippen molar-refractivity contribution < 1.29 is 58.8 Å². The molecule has 284 valence electrons. The highest BCUT2D eigenvalue weighted by atomic mass is 16.3. The van der Waals surface area contributed by atoms with Crippen LogP contribution in [-0.4, -0.2) is 142 Å². The SMILES string of the molecule is CC(C)[C@H](NN)C(=O)C(=O)[C@H](CO)NC(=O)C1CCCCNC(=O)CCC(NN[C@H](C=O)CO)C(=O)C(=O)[C@H]([C@@H](C)O)NC(=O)[C@H](CO)NN1. The Morgan fingerprint density at radius 2 is 1.64 bits per heavy atom. The Balaban J connectivity index is 3.28. The van der Waals surface area contributed by atoms with Gasteiger partial charge in [-0.05, 0) is 38.5 Å². The van der Waals surface area contributed by atoms with Crippen molar-refractivity contribution in [2.45, 2.75) is 101 Å². The molecule has 21 heteroatoms. The second-order valence-electron chi connectivity index (χ2n) is 12.0. The van der Waals surface area contributed by atoms with Crippen molar-refractivity contribution in [3.05, 3.63) is 0 Å². The van der Waals surface area contributed by atoms with E-state index in [1.807, 2.05) is 0 Å². The standard InChI is InChI=1S/C29H51N9O12/c1-14(2)22(34-30)26(47)25(46)19(12-41)32-28(49)18-6-4-5-9-31-21(44)8-7-17(36-35-16(10-39)11-40)24(45)27(48)23(15(3)43)33-29(50)20(13-42)38-37-18/h10,14-20,22-23,34-38,40-43H,4-9,11-13,30H2,1-3H3,(H,31,44)(H,32,49)(H,33,50)/t15-,16-,17?,18?,19+,20+,22+,23+/m1/s1. The van der Waals surface area contributed by atoms with Gasteiger partial charge in [-0.25, -0.2) is 27.1 Å². The summed E-state index contributed by atoms with van der Waals surface area (Å²) in [6.45, 7) is 1.98. The largest absolute Gasteiger partial charge is 0.394 e. The van der Waals surface area contributed by atoms with Gasteiger partial charge in [0.15, 0.2) is 0 Å². The van der Waals surface area contributed by atoms with Gasteiger partial charge in [0, 0.05) is 13.0 Å². The lowest BCUT2D eigenvalue weighted by atomic mass is 9.95. The van der Waals surface area contributed by atoms with E-state index in [-0.39, 0.29) is 32.2 Å². The number of nitrogens with two attached hydrogens (primary N) is 1. The van der Waals surface area contributed by atoms with Gasteiger partial charge in [0.1, 0.15) is 24.4 Å². The maximum atomic E-state index is 13.3. The lowest BCUT2D eigenvalue weighted by Crippen LogP contribution is -2.63. The van der Waals surface area contributed by atoms with E-state index in [0.717, 1.165) is 6.92 Å². The Bertz CT molecular complexity index is 1190. The number of carbonyl (C=O) groups is 8. The van der Waals surface area contributed by atoms with Crippen LogP contribution in [0.3, 0.4) is 0 Å². The maximum Gasteiger partial charge on any atom is 0.241 e. The van der Waals surface area contributed by atoms with E-state index in [1.165, 1.54) is 0 Å². The lowest BCUT2D eigenvalue weighted by molar-refractivity contribution is -0.142. The minimum Gasteiger partial charge on any atom is -0.394 e. The fraction of sp³-hybridized carbons (Fsp3) is 0.724. The highest BCUT2D eigenvalue weighted by molar-refractivity contribution is 6.42. The molecule has 21 nitrogen and oxygen atoms in total. The zero-order valence-electron chi connectivity index (χ0n) is 28.3. The summed E-state index contributed by atoms with van der Waals surface area (Å²) in [6, 6.07) is -9.98. The molecule has 0 radical (unpaired) electrons. The van der Waals surface area contributed by atoms with E-state index in [2.05, 4.69) is 43.1 Å². The van der Waals surface area contributed by atoms with Crippen molar-refractivity contribution in [1.29, 1.82) is 0 Å². The molecule has 8 atom stereocenters. The average Bonchev–Trinajstić information content (AvgIpc) is 3.08. The van der Waals surface area contributed by atoms with Gasteiger partial charge < -0.3 is 41.2 Å². The third kappa shape index (κ3) is 13.9. The Kier molecular flexibility index (Phi) is 20.4. The number of Topliss-reactive ketones (excluding diaryl/α,β-unsaturated/α-hetero) is 4. The van der Waals surface area contributed by atoms with Crippen LogP contribution in [0.2, 0.25) is 0 Å². The van der Waals surface area contributed by atoms with Crippen molar-refractivity contribution in [3.8, 4) is 0 Å². The number of amides is 3. The first-order chi connectivity index (χ1) is 23.7. The normalized spacial score (nSPS) is 24.5. The molecule has 14 N–H and O–H groups in total. The zero-order valence-corrected chi connectivity index (χ0v) is 28.3. The van der Waals surface area contributed by atoms with Crippen LogP contribution < -0.4 is 48.9 Å². The average molecular weight is 718 g/mol. The van der Waals surface area contributed by atoms with Gasteiger partial charge in [-0.3, -0.25) is 39.4 Å². The van der Waals surface area contributed by atoms with E-state index < -0.39 is 115 Å². The van der Waals surface area contributed by atoms with Crippen LogP contribution in [0.15, 0.2) is 0 Å². The number of nitrogens with one attached hydrogen (secondary N) is 8.